The molecule has 0 amide bonds. The highest BCUT2D eigenvalue weighted by Crippen LogP contribution is 2.12. The molecule has 0 aromatic heterocycles. The summed E-state index contributed by atoms with van der Waals surface area (Å²) in [6.45, 7) is 1.18. The maximum Gasteiger partial charge on any atom is 0.158 e. The van der Waals surface area contributed by atoms with Gasteiger partial charge in [-0.3, -0.25) is 0 Å². The van der Waals surface area contributed by atoms with Crippen molar-refractivity contribution < 1.29 is 9.47 Å². The van der Waals surface area contributed by atoms with Crippen molar-refractivity contribution in [2.24, 2.45) is 0 Å². The standard InChI is InChI=1S/C7H10O2/c1-2-5-8-7-4-3-6-9-7/h1,7H,3-6H2. The van der Waals surface area contributed by atoms with E-state index < -0.39 is 0 Å². The molecule has 1 rings (SSSR count). The number of ether oxygens (including phenoxy) is 2. The van der Waals surface area contributed by atoms with E-state index in [2.05, 4.69) is 5.92 Å². The fourth-order valence-corrected chi connectivity index (χ4v) is 0.821. The normalized spacial score (nSPS) is 25.9. The molecule has 1 aliphatic heterocycles. The van der Waals surface area contributed by atoms with Gasteiger partial charge in [0.15, 0.2) is 6.29 Å². The molecule has 0 aromatic rings. The fourth-order valence-electron chi connectivity index (χ4n) is 0.821. The number of hydrogen-bond acceptors (Lipinski definition) is 2. The quantitative estimate of drug-likeness (QED) is 0.509. The lowest BCUT2D eigenvalue weighted by Gasteiger charge is -2.06. The Bertz CT molecular complexity index is 109. The largest absolute Gasteiger partial charge is 0.353 e. The van der Waals surface area contributed by atoms with E-state index in [-0.39, 0.29) is 6.29 Å². The van der Waals surface area contributed by atoms with Crippen LogP contribution in [0.25, 0.3) is 0 Å². The molecule has 1 heterocycles. The minimum absolute atomic E-state index is 0.0268. The van der Waals surface area contributed by atoms with Gasteiger partial charge in [0.2, 0.25) is 0 Å². The SMILES string of the molecule is C#CCOC1CCCO1. The summed E-state index contributed by atoms with van der Waals surface area (Å²) in [5.41, 5.74) is 0. The van der Waals surface area contributed by atoms with Gasteiger partial charge >= 0.3 is 0 Å². The number of terminal acetylenes is 1. The van der Waals surface area contributed by atoms with Crippen molar-refractivity contribution >= 4 is 0 Å². The molecule has 0 aliphatic carbocycles. The Balaban J connectivity index is 2.06. The summed E-state index contributed by atoms with van der Waals surface area (Å²) in [5, 5.41) is 0. The van der Waals surface area contributed by atoms with Gasteiger partial charge in [-0.2, -0.15) is 0 Å². The average Bonchev–Trinajstić information content (AvgIpc) is 2.34. The molecule has 0 spiro atoms. The minimum Gasteiger partial charge on any atom is -0.353 e. The van der Waals surface area contributed by atoms with Crippen molar-refractivity contribution in [2.75, 3.05) is 13.2 Å². The second-order valence-corrected chi connectivity index (χ2v) is 1.96. The van der Waals surface area contributed by atoms with E-state index in [0.29, 0.717) is 6.61 Å². The Morgan fingerprint density at radius 2 is 2.67 bits per heavy atom. The summed E-state index contributed by atoms with van der Waals surface area (Å²) < 4.78 is 10.2. The van der Waals surface area contributed by atoms with Crippen LogP contribution in [0.4, 0.5) is 0 Å². The predicted molar refractivity (Wildman–Crippen MR) is 33.8 cm³/mol. The van der Waals surface area contributed by atoms with Crippen LogP contribution in [0.1, 0.15) is 12.8 Å². The molecule has 1 atom stereocenters. The molecule has 0 saturated carbocycles. The smallest absolute Gasteiger partial charge is 0.158 e. The first-order chi connectivity index (χ1) is 4.43. The summed E-state index contributed by atoms with van der Waals surface area (Å²) in [6.07, 6.45) is 7.03. The topological polar surface area (TPSA) is 18.5 Å². The van der Waals surface area contributed by atoms with Gasteiger partial charge in [-0.05, 0) is 6.42 Å². The summed E-state index contributed by atoms with van der Waals surface area (Å²) in [4.78, 5) is 0. The van der Waals surface area contributed by atoms with E-state index in [0.717, 1.165) is 19.4 Å². The lowest BCUT2D eigenvalue weighted by atomic mass is 10.4. The van der Waals surface area contributed by atoms with Crippen LogP contribution >= 0.6 is 0 Å². The number of hydrogen-bond donors (Lipinski definition) is 0. The van der Waals surface area contributed by atoms with E-state index in [9.17, 15) is 0 Å². The van der Waals surface area contributed by atoms with Crippen LogP contribution in [0.5, 0.6) is 0 Å². The van der Waals surface area contributed by atoms with Crippen molar-refractivity contribution in [1.82, 2.24) is 0 Å². The minimum atomic E-state index is -0.0268. The highest BCUT2D eigenvalue weighted by Gasteiger charge is 2.14. The lowest BCUT2D eigenvalue weighted by molar-refractivity contribution is -0.0995. The van der Waals surface area contributed by atoms with E-state index in [4.69, 9.17) is 15.9 Å². The zero-order valence-corrected chi connectivity index (χ0v) is 5.30. The first-order valence-electron chi connectivity index (χ1n) is 3.10. The molecular weight excluding hydrogens is 116 g/mol. The van der Waals surface area contributed by atoms with E-state index in [1.807, 2.05) is 0 Å². The van der Waals surface area contributed by atoms with Crippen LogP contribution in [-0.2, 0) is 9.47 Å². The molecule has 0 bridgehead atoms. The maximum absolute atomic E-state index is 5.14. The molecular formula is C7H10O2. The van der Waals surface area contributed by atoms with Crippen LogP contribution in [0.3, 0.4) is 0 Å². The second-order valence-electron chi connectivity index (χ2n) is 1.96. The second kappa shape index (κ2) is 3.49. The monoisotopic (exact) mass is 126 g/mol. The molecule has 50 valence electrons. The predicted octanol–water partition coefficient (Wildman–Crippen LogP) is 0.773. The summed E-state index contributed by atoms with van der Waals surface area (Å²) in [7, 11) is 0. The molecule has 2 heteroatoms. The summed E-state index contributed by atoms with van der Waals surface area (Å²) in [6, 6.07) is 0. The highest BCUT2D eigenvalue weighted by atomic mass is 16.7. The van der Waals surface area contributed by atoms with Crippen molar-refractivity contribution in [3.05, 3.63) is 0 Å². The van der Waals surface area contributed by atoms with Gasteiger partial charge in [0.05, 0.1) is 0 Å². The van der Waals surface area contributed by atoms with Gasteiger partial charge in [-0.1, -0.05) is 5.92 Å². The summed E-state index contributed by atoms with van der Waals surface area (Å²) >= 11 is 0. The third kappa shape index (κ3) is 2.05. The molecule has 2 nitrogen and oxygen atoms in total. The van der Waals surface area contributed by atoms with Gasteiger partial charge in [-0.25, -0.2) is 0 Å². The average molecular weight is 126 g/mol. The molecule has 0 aromatic carbocycles. The van der Waals surface area contributed by atoms with Crippen LogP contribution in [0, 0.1) is 12.3 Å². The first-order valence-corrected chi connectivity index (χ1v) is 3.10. The third-order valence-electron chi connectivity index (χ3n) is 1.24. The molecule has 1 saturated heterocycles. The Kier molecular flexibility index (Phi) is 2.56. The van der Waals surface area contributed by atoms with E-state index in [1.165, 1.54) is 0 Å². The first kappa shape index (κ1) is 6.60. The molecule has 1 fully saturated rings. The molecule has 0 radical (unpaired) electrons. The lowest BCUT2D eigenvalue weighted by Crippen LogP contribution is -2.09. The van der Waals surface area contributed by atoms with Gasteiger partial charge in [0.25, 0.3) is 0 Å². The summed E-state index contributed by atoms with van der Waals surface area (Å²) in [5.74, 6) is 2.39. The Labute approximate surface area is 55.1 Å². The van der Waals surface area contributed by atoms with Gasteiger partial charge in [0.1, 0.15) is 6.61 Å². The third-order valence-corrected chi connectivity index (χ3v) is 1.24. The van der Waals surface area contributed by atoms with Crippen LogP contribution in [0.2, 0.25) is 0 Å². The number of rotatable bonds is 2. The van der Waals surface area contributed by atoms with Gasteiger partial charge < -0.3 is 9.47 Å². The van der Waals surface area contributed by atoms with Gasteiger partial charge in [0, 0.05) is 13.0 Å². The van der Waals surface area contributed by atoms with Crippen molar-refractivity contribution in [3.63, 3.8) is 0 Å². The molecule has 9 heavy (non-hydrogen) atoms. The van der Waals surface area contributed by atoms with Crippen LogP contribution < -0.4 is 0 Å². The van der Waals surface area contributed by atoms with Crippen molar-refractivity contribution in [1.29, 1.82) is 0 Å². The Hall–Kier alpha value is -0.520. The zero-order valence-electron chi connectivity index (χ0n) is 5.30. The van der Waals surface area contributed by atoms with Crippen LogP contribution in [0.15, 0.2) is 0 Å². The fraction of sp³-hybridized carbons (Fsp3) is 0.714. The van der Waals surface area contributed by atoms with Gasteiger partial charge in [-0.15, -0.1) is 6.42 Å². The Morgan fingerprint density at radius 3 is 3.22 bits per heavy atom. The molecule has 0 N–H and O–H groups in total. The molecule has 1 aliphatic rings. The van der Waals surface area contributed by atoms with Crippen LogP contribution in [-0.4, -0.2) is 19.5 Å². The van der Waals surface area contributed by atoms with E-state index in [1.54, 1.807) is 0 Å². The van der Waals surface area contributed by atoms with E-state index >= 15 is 0 Å². The van der Waals surface area contributed by atoms with Crippen molar-refractivity contribution in [3.8, 4) is 12.3 Å². The Morgan fingerprint density at radius 1 is 1.78 bits per heavy atom. The highest BCUT2D eigenvalue weighted by molar-refractivity contribution is 4.83. The molecule has 1 unspecified atom stereocenters. The van der Waals surface area contributed by atoms with Crippen molar-refractivity contribution in [2.45, 2.75) is 19.1 Å². The maximum atomic E-state index is 5.14. The zero-order chi connectivity index (χ0) is 6.53.